The molecule has 0 bridgehead atoms. The topological polar surface area (TPSA) is 73.2 Å². The van der Waals surface area contributed by atoms with Crippen molar-refractivity contribution in [1.82, 2.24) is 9.78 Å². The molecule has 1 heterocycles. The maximum Gasteiger partial charge on any atom is 0.275 e. The van der Waals surface area contributed by atoms with Crippen molar-refractivity contribution in [1.29, 1.82) is 0 Å². The Morgan fingerprint density at radius 3 is 2.55 bits per heavy atom. The largest absolute Gasteiger partial charge is 0.455 e. The molecule has 3 aromatic carbocycles. The second kappa shape index (κ2) is 7.98. The number of carbonyl (C=O) groups is 1. The summed E-state index contributed by atoms with van der Waals surface area (Å²) in [7, 11) is 0. The Labute approximate surface area is 167 Å². The predicted molar refractivity (Wildman–Crippen MR) is 112 cm³/mol. The van der Waals surface area contributed by atoms with Crippen molar-refractivity contribution in [3.63, 3.8) is 0 Å². The van der Waals surface area contributed by atoms with Crippen LogP contribution in [0, 0.1) is 6.92 Å². The molecule has 1 amide bonds. The van der Waals surface area contributed by atoms with Gasteiger partial charge in [-0.1, -0.05) is 48.0 Å². The molecule has 0 saturated heterocycles. The zero-order chi connectivity index (χ0) is 20.2. The fourth-order valence-corrected chi connectivity index (χ4v) is 2.96. The molecule has 0 radical (unpaired) electrons. The van der Waals surface area contributed by atoms with Crippen molar-refractivity contribution in [3.8, 4) is 11.5 Å². The molecule has 0 spiro atoms. The molecule has 4 aromatic rings. The van der Waals surface area contributed by atoms with Gasteiger partial charge in [-0.15, -0.1) is 0 Å². The lowest BCUT2D eigenvalue weighted by Gasteiger charge is -2.13. The molecular weight excluding hydrogens is 366 g/mol. The lowest BCUT2D eigenvalue weighted by Crippen LogP contribution is -2.29. The minimum atomic E-state index is -0.366. The van der Waals surface area contributed by atoms with Crippen molar-refractivity contribution in [2.24, 2.45) is 0 Å². The van der Waals surface area contributed by atoms with Gasteiger partial charge in [0.2, 0.25) is 5.91 Å². The van der Waals surface area contributed by atoms with Gasteiger partial charge in [-0.3, -0.25) is 9.59 Å². The number of benzene rings is 3. The fourth-order valence-electron chi connectivity index (χ4n) is 2.96. The Balaban J connectivity index is 1.53. The van der Waals surface area contributed by atoms with Crippen LogP contribution in [-0.2, 0) is 11.3 Å². The Bertz CT molecular complexity index is 1230. The van der Waals surface area contributed by atoms with Gasteiger partial charge in [0, 0.05) is 5.39 Å². The summed E-state index contributed by atoms with van der Waals surface area (Å²) in [5, 5.41) is 8.17. The van der Waals surface area contributed by atoms with Crippen molar-refractivity contribution in [3.05, 3.63) is 94.9 Å². The molecule has 0 aliphatic rings. The molecular formula is C23H19N3O3. The van der Waals surface area contributed by atoms with Gasteiger partial charge in [-0.2, -0.15) is 5.10 Å². The van der Waals surface area contributed by atoms with E-state index < -0.39 is 0 Å². The molecule has 1 N–H and O–H groups in total. The van der Waals surface area contributed by atoms with E-state index in [1.165, 1.54) is 0 Å². The van der Waals surface area contributed by atoms with Gasteiger partial charge < -0.3 is 10.1 Å². The van der Waals surface area contributed by atoms with Crippen molar-refractivity contribution in [2.45, 2.75) is 13.5 Å². The zero-order valence-electron chi connectivity index (χ0n) is 15.8. The van der Waals surface area contributed by atoms with Crippen LogP contribution in [-0.4, -0.2) is 15.7 Å². The third kappa shape index (κ3) is 4.16. The number of amides is 1. The molecule has 29 heavy (non-hydrogen) atoms. The van der Waals surface area contributed by atoms with E-state index in [0.29, 0.717) is 22.6 Å². The SMILES string of the molecule is Cc1ccc(Oc2ccccc2NC(=O)Cn2ncc3ccccc3c2=O)cc1. The molecule has 144 valence electrons. The average Bonchev–Trinajstić information content (AvgIpc) is 2.73. The summed E-state index contributed by atoms with van der Waals surface area (Å²) in [6.45, 7) is 1.81. The molecule has 0 aliphatic carbocycles. The Kier molecular flexibility index (Phi) is 5.07. The molecule has 6 nitrogen and oxygen atoms in total. The van der Waals surface area contributed by atoms with Gasteiger partial charge in [0.25, 0.3) is 5.56 Å². The van der Waals surface area contributed by atoms with Crippen LogP contribution in [0.2, 0.25) is 0 Å². The maximum absolute atomic E-state index is 12.6. The number of aryl methyl sites for hydroxylation is 1. The lowest BCUT2D eigenvalue weighted by atomic mass is 10.2. The van der Waals surface area contributed by atoms with E-state index in [4.69, 9.17) is 4.74 Å². The highest BCUT2D eigenvalue weighted by molar-refractivity contribution is 5.92. The molecule has 4 rings (SSSR count). The number of anilines is 1. The van der Waals surface area contributed by atoms with Crippen LogP contribution in [0.5, 0.6) is 11.5 Å². The third-order valence-corrected chi connectivity index (χ3v) is 4.47. The molecule has 0 saturated carbocycles. The summed E-state index contributed by atoms with van der Waals surface area (Å²) in [5.41, 5.74) is 1.35. The summed E-state index contributed by atoms with van der Waals surface area (Å²) in [4.78, 5) is 25.1. The smallest absolute Gasteiger partial charge is 0.275 e. The van der Waals surface area contributed by atoms with Gasteiger partial charge in [0.15, 0.2) is 5.75 Å². The standard InChI is InChI=1S/C23H19N3O3/c1-16-10-12-18(13-11-16)29-21-9-5-4-8-20(21)25-22(27)15-26-23(28)19-7-3-2-6-17(19)14-24-26/h2-14H,15H2,1H3,(H,25,27). The zero-order valence-corrected chi connectivity index (χ0v) is 15.8. The summed E-state index contributed by atoms with van der Waals surface area (Å²) in [6, 6.07) is 22.0. The van der Waals surface area contributed by atoms with E-state index in [2.05, 4.69) is 10.4 Å². The number of aromatic nitrogens is 2. The summed E-state index contributed by atoms with van der Waals surface area (Å²) >= 11 is 0. The van der Waals surface area contributed by atoms with Gasteiger partial charge in [0.1, 0.15) is 12.3 Å². The maximum atomic E-state index is 12.6. The molecule has 0 aliphatic heterocycles. The molecule has 0 atom stereocenters. The predicted octanol–water partition coefficient (Wildman–Crippen LogP) is 4.14. The first kappa shape index (κ1) is 18.4. The van der Waals surface area contributed by atoms with Crippen LogP contribution in [0.4, 0.5) is 5.69 Å². The minimum absolute atomic E-state index is 0.192. The summed E-state index contributed by atoms with van der Waals surface area (Å²) in [5.74, 6) is 0.822. The van der Waals surface area contributed by atoms with Crippen LogP contribution in [0.3, 0.4) is 0 Å². The minimum Gasteiger partial charge on any atom is -0.455 e. The monoisotopic (exact) mass is 385 g/mol. The highest BCUT2D eigenvalue weighted by Gasteiger charge is 2.11. The number of fused-ring (bicyclic) bond motifs is 1. The first-order chi connectivity index (χ1) is 14.1. The number of para-hydroxylation sites is 2. The van der Waals surface area contributed by atoms with E-state index in [1.807, 2.05) is 49.4 Å². The number of rotatable bonds is 5. The Morgan fingerprint density at radius 1 is 1.00 bits per heavy atom. The number of hydrogen-bond acceptors (Lipinski definition) is 4. The average molecular weight is 385 g/mol. The van der Waals surface area contributed by atoms with E-state index >= 15 is 0 Å². The van der Waals surface area contributed by atoms with E-state index in [1.54, 1.807) is 36.5 Å². The summed E-state index contributed by atoms with van der Waals surface area (Å²) in [6.07, 6.45) is 1.58. The van der Waals surface area contributed by atoms with Gasteiger partial charge >= 0.3 is 0 Å². The number of hydrogen-bond donors (Lipinski definition) is 1. The van der Waals surface area contributed by atoms with Crippen molar-refractivity contribution >= 4 is 22.4 Å². The van der Waals surface area contributed by atoms with Crippen LogP contribution in [0.1, 0.15) is 5.56 Å². The van der Waals surface area contributed by atoms with Crippen LogP contribution in [0.15, 0.2) is 83.8 Å². The van der Waals surface area contributed by atoms with Gasteiger partial charge in [-0.25, -0.2) is 4.68 Å². The molecule has 1 aromatic heterocycles. The highest BCUT2D eigenvalue weighted by Crippen LogP contribution is 2.29. The van der Waals surface area contributed by atoms with Crippen LogP contribution in [0.25, 0.3) is 10.8 Å². The molecule has 0 unspecified atom stereocenters. The third-order valence-electron chi connectivity index (χ3n) is 4.47. The molecule has 6 heteroatoms. The second-order valence-corrected chi connectivity index (χ2v) is 6.65. The second-order valence-electron chi connectivity index (χ2n) is 6.65. The van der Waals surface area contributed by atoms with E-state index in [-0.39, 0.29) is 18.0 Å². The van der Waals surface area contributed by atoms with Crippen molar-refractivity contribution < 1.29 is 9.53 Å². The first-order valence-electron chi connectivity index (χ1n) is 9.18. The van der Waals surface area contributed by atoms with Gasteiger partial charge in [-0.05, 0) is 37.3 Å². The van der Waals surface area contributed by atoms with Crippen LogP contribution >= 0.6 is 0 Å². The van der Waals surface area contributed by atoms with E-state index in [0.717, 1.165) is 15.6 Å². The summed E-state index contributed by atoms with van der Waals surface area (Å²) < 4.78 is 7.05. The number of carbonyl (C=O) groups excluding carboxylic acids is 1. The first-order valence-corrected chi connectivity index (χ1v) is 9.18. The molecule has 0 fully saturated rings. The number of nitrogens with zero attached hydrogens (tertiary/aromatic N) is 2. The Morgan fingerprint density at radius 2 is 1.72 bits per heavy atom. The number of nitrogens with one attached hydrogen (secondary N) is 1. The Hall–Kier alpha value is -3.93. The lowest BCUT2D eigenvalue weighted by molar-refractivity contribution is -0.117. The highest BCUT2D eigenvalue weighted by atomic mass is 16.5. The normalized spacial score (nSPS) is 10.7. The fraction of sp³-hybridized carbons (Fsp3) is 0.0870. The van der Waals surface area contributed by atoms with Crippen molar-refractivity contribution in [2.75, 3.05) is 5.32 Å². The quantitative estimate of drug-likeness (QED) is 0.560. The number of ether oxygens (including phenoxy) is 1. The van der Waals surface area contributed by atoms with Crippen LogP contribution < -0.4 is 15.6 Å². The van der Waals surface area contributed by atoms with Gasteiger partial charge in [0.05, 0.1) is 17.3 Å². The van der Waals surface area contributed by atoms with E-state index in [9.17, 15) is 9.59 Å².